The minimum Gasteiger partial charge on any atom is -0.394 e. The maximum absolute atomic E-state index is 11.9. The van der Waals surface area contributed by atoms with Crippen LogP contribution in [0.4, 0.5) is 0 Å². The Balaban J connectivity index is 3.23. The van der Waals surface area contributed by atoms with Crippen LogP contribution in [0.2, 0.25) is 0 Å². The molecule has 14 heavy (non-hydrogen) atoms. The first-order valence-electron chi connectivity index (χ1n) is 4.47. The molecule has 0 fully saturated rings. The summed E-state index contributed by atoms with van der Waals surface area (Å²) in [4.78, 5) is 0. The normalized spacial score (nSPS) is 14.0. The minimum atomic E-state index is -2.31. The molecule has 0 saturated carbocycles. The lowest BCUT2D eigenvalue weighted by Crippen LogP contribution is -2.22. The van der Waals surface area contributed by atoms with Gasteiger partial charge in [0, 0.05) is 5.30 Å². The standard InChI is InChI=1S/C10H16NO2P/c1-14(2,13)10-6-4-3-5-8(10)9(11)7-12/h3-6,9,12H,7,11H2,1-2H3. The fourth-order valence-electron chi connectivity index (χ4n) is 1.39. The number of benzene rings is 1. The van der Waals surface area contributed by atoms with Crippen LogP contribution >= 0.6 is 7.14 Å². The van der Waals surface area contributed by atoms with E-state index in [9.17, 15) is 4.57 Å². The van der Waals surface area contributed by atoms with Crippen LogP contribution in [0.25, 0.3) is 0 Å². The monoisotopic (exact) mass is 213 g/mol. The lowest BCUT2D eigenvalue weighted by atomic mass is 10.1. The van der Waals surface area contributed by atoms with Crippen molar-refractivity contribution in [3.63, 3.8) is 0 Å². The van der Waals surface area contributed by atoms with E-state index in [4.69, 9.17) is 10.8 Å². The Morgan fingerprint density at radius 2 is 2.00 bits per heavy atom. The number of hydrogen-bond acceptors (Lipinski definition) is 3. The first kappa shape index (κ1) is 11.4. The van der Waals surface area contributed by atoms with Crippen molar-refractivity contribution < 1.29 is 9.67 Å². The number of nitrogens with two attached hydrogens (primary N) is 1. The summed E-state index contributed by atoms with van der Waals surface area (Å²) in [5.74, 6) is 0. The van der Waals surface area contributed by atoms with E-state index >= 15 is 0 Å². The highest BCUT2D eigenvalue weighted by molar-refractivity contribution is 7.70. The molecule has 3 N–H and O–H groups in total. The second-order valence-electron chi connectivity index (χ2n) is 3.70. The highest BCUT2D eigenvalue weighted by Crippen LogP contribution is 2.36. The van der Waals surface area contributed by atoms with Gasteiger partial charge in [-0.2, -0.15) is 0 Å². The summed E-state index contributed by atoms with van der Waals surface area (Å²) >= 11 is 0. The average molecular weight is 213 g/mol. The smallest absolute Gasteiger partial charge is 0.110 e. The highest BCUT2D eigenvalue weighted by Gasteiger charge is 2.18. The molecule has 0 heterocycles. The largest absolute Gasteiger partial charge is 0.394 e. The average Bonchev–Trinajstić information content (AvgIpc) is 2.15. The van der Waals surface area contributed by atoms with Gasteiger partial charge in [-0.05, 0) is 18.9 Å². The molecule has 1 atom stereocenters. The molecule has 0 aromatic heterocycles. The second kappa shape index (κ2) is 4.26. The first-order valence-corrected chi connectivity index (χ1v) is 7.08. The highest BCUT2D eigenvalue weighted by atomic mass is 31.2. The Bertz CT molecular complexity index is 359. The number of aliphatic hydroxyl groups is 1. The van der Waals surface area contributed by atoms with E-state index in [1.807, 2.05) is 24.3 Å². The Hall–Kier alpha value is -0.630. The van der Waals surface area contributed by atoms with Crippen molar-refractivity contribution in [1.82, 2.24) is 0 Å². The first-order chi connectivity index (χ1) is 6.46. The molecule has 3 nitrogen and oxygen atoms in total. The molecule has 0 spiro atoms. The molecule has 0 aliphatic rings. The predicted octanol–water partition coefficient (Wildman–Crippen LogP) is 0.927. The third-order valence-corrected chi connectivity index (χ3v) is 3.68. The van der Waals surface area contributed by atoms with Crippen LogP contribution in [0.1, 0.15) is 11.6 Å². The zero-order valence-electron chi connectivity index (χ0n) is 8.47. The molecular weight excluding hydrogens is 197 g/mol. The molecule has 78 valence electrons. The number of rotatable bonds is 3. The molecule has 1 unspecified atom stereocenters. The molecule has 0 amide bonds. The number of aliphatic hydroxyl groups excluding tert-OH is 1. The quantitative estimate of drug-likeness (QED) is 0.734. The molecule has 0 aliphatic heterocycles. The third kappa shape index (κ3) is 2.44. The molecule has 0 saturated heterocycles. The molecule has 0 radical (unpaired) electrons. The Morgan fingerprint density at radius 3 is 2.50 bits per heavy atom. The van der Waals surface area contributed by atoms with Crippen LogP contribution in [0.15, 0.2) is 24.3 Å². The topological polar surface area (TPSA) is 63.3 Å². The van der Waals surface area contributed by atoms with Gasteiger partial charge in [-0.1, -0.05) is 24.3 Å². The van der Waals surface area contributed by atoms with Gasteiger partial charge in [-0.15, -0.1) is 0 Å². The van der Waals surface area contributed by atoms with Crippen molar-refractivity contribution >= 4 is 12.4 Å². The summed E-state index contributed by atoms with van der Waals surface area (Å²) in [6, 6.07) is 6.85. The molecule has 1 aromatic carbocycles. The molecule has 4 heteroatoms. The number of hydrogen-bond donors (Lipinski definition) is 2. The van der Waals surface area contributed by atoms with Gasteiger partial charge in [0.15, 0.2) is 0 Å². The minimum absolute atomic E-state index is 0.128. The summed E-state index contributed by atoms with van der Waals surface area (Å²) in [6.45, 7) is 3.28. The van der Waals surface area contributed by atoms with Crippen molar-refractivity contribution in [3.05, 3.63) is 29.8 Å². The van der Waals surface area contributed by atoms with Gasteiger partial charge in [0.1, 0.15) is 7.14 Å². The van der Waals surface area contributed by atoms with Crippen LogP contribution in [-0.2, 0) is 4.57 Å². The second-order valence-corrected chi connectivity index (χ2v) is 6.88. The Morgan fingerprint density at radius 1 is 1.43 bits per heavy atom. The maximum Gasteiger partial charge on any atom is 0.110 e. The van der Waals surface area contributed by atoms with Crippen molar-refractivity contribution in [2.24, 2.45) is 5.73 Å². The predicted molar refractivity (Wildman–Crippen MR) is 59.5 cm³/mol. The van der Waals surface area contributed by atoms with E-state index in [0.717, 1.165) is 10.9 Å². The van der Waals surface area contributed by atoms with Gasteiger partial charge < -0.3 is 15.4 Å². The fraction of sp³-hybridized carbons (Fsp3) is 0.400. The summed E-state index contributed by atoms with van der Waals surface area (Å²) < 4.78 is 11.9. The lowest BCUT2D eigenvalue weighted by Gasteiger charge is -2.16. The van der Waals surface area contributed by atoms with E-state index in [-0.39, 0.29) is 6.61 Å². The van der Waals surface area contributed by atoms with E-state index in [1.54, 1.807) is 13.3 Å². The molecule has 0 aliphatic carbocycles. The van der Waals surface area contributed by atoms with Crippen LogP contribution in [0, 0.1) is 0 Å². The summed E-state index contributed by atoms with van der Waals surface area (Å²) in [7, 11) is -2.31. The molecule has 1 aromatic rings. The van der Waals surface area contributed by atoms with Crippen molar-refractivity contribution in [2.75, 3.05) is 19.9 Å². The fourth-order valence-corrected chi connectivity index (χ4v) is 2.70. The van der Waals surface area contributed by atoms with E-state index in [1.165, 1.54) is 0 Å². The summed E-state index contributed by atoms with van der Waals surface area (Å²) in [5, 5.41) is 9.73. The Kier molecular flexibility index (Phi) is 3.48. The Labute approximate surface area is 84.3 Å². The van der Waals surface area contributed by atoms with E-state index in [0.29, 0.717) is 0 Å². The van der Waals surface area contributed by atoms with Gasteiger partial charge in [0.25, 0.3) is 0 Å². The molecule has 1 rings (SSSR count). The summed E-state index contributed by atoms with van der Waals surface area (Å²) in [6.07, 6.45) is 0. The molecule has 0 bridgehead atoms. The van der Waals surface area contributed by atoms with Crippen LogP contribution in [0.3, 0.4) is 0 Å². The van der Waals surface area contributed by atoms with E-state index < -0.39 is 13.2 Å². The molecular formula is C10H16NO2P. The zero-order valence-corrected chi connectivity index (χ0v) is 9.37. The van der Waals surface area contributed by atoms with Gasteiger partial charge >= 0.3 is 0 Å². The van der Waals surface area contributed by atoms with Gasteiger partial charge in [-0.25, -0.2) is 0 Å². The maximum atomic E-state index is 11.9. The van der Waals surface area contributed by atoms with Gasteiger partial charge in [0.2, 0.25) is 0 Å². The van der Waals surface area contributed by atoms with Crippen LogP contribution in [0.5, 0.6) is 0 Å². The third-order valence-electron chi connectivity index (χ3n) is 2.11. The van der Waals surface area contributed by atoms with Crippen molar-refractivity contribution in [1.29, 1.82) is 0 Å². The van der Waals surface area contributed by atoms with Crippen LogP contribution in [-0.4, -0.2) is 25.0 Å². The van der Waals surface area contributed by atoms with Crippen LogP contribution < -0.4 is 11.0 Å². The van der Waals surface area contributed by atoms with Gasteiger partial charge in [-0.3, -0.25) is 0 Å². The zero-order chi connectivity index (χ0) is 10.8. The lowest BCUT2D eigenvalue weighted by molar-refractivity contribution is 0.268. The van der Waals surface area contributed by atoms with E-state index in [2.05, 4.69) is 0 Å². The van der Waals surface area contributed by atoms with Gasteiger partial charge in [0.05, 0.1) is 12.6 Å². The van der Waals surface area contributed by atoms with Crippen molar-refractivity contribution in [2.45, 2.75) is 6.04 Å². The summed E-state index contributed by atoms with van der Waals surface area (Å²) in [5.41, 5.74) is 6.50. The van der Waals surface area contributed by atoms with Crippen molar-refractivity contribution in [3.8, 4) is 0 Å². The SMILES string of the molecule is CP(C)(=O)c1ccccc1C(N)CO.